The van der Waals surface area contributed by atoms with E-state index in [4.69, 9.17) is 15.2 Å². The summed E-state index contributed by atoms with van der Waals surface area (Å²) in [5.74, 6) is -0.363. The highest BCUT2D eigenvalue weighted by molar-refractivity contribution is 7.89. The molecule has 0 atom stereocenters. The van der Waals surface area contributed by atoms with Gasteiger partial charge >= 0.3 is 0 Å². The molecule has 3 N–H and O–H groups in total. The predicted octanol–water partition coefficient (Wildman–Crippen LogP) is 2.53. The number of sulfonamides is 1. The van der Waals surface area contributed by atoms with Crippen molar-refractivity contribution in [2.75, 3.05) is 38.4 Å². The molecule has 1 amide bonds. The van der Waals surface area contributed by atoms with Crippen molar-refractivity contribution in [3.63, 3.8) is 0 Å². The van der Waals surface area contributed by atoms with Gasteiger partial charge in [-0.3, -0.25) is 9.59 Å². The number of benzene rings is 2. The lowest BCUT2D eigenvalue weighted by Crippen LogP contribution is -2.30. The molecule has 0 fully saturated rings. The zero-order chi connectivity index (χ0) is 23.2. The highest BCUT2D eigenvalue weighted by Crippen LogP contribution is 2.29. The van der Waals surface area contributed by atoms with Gasteiger partial charge in [-0.25, -0.2) is 8.42 Å². The summed E-state index contributed by atoms with van der Waals surface area (Å²) in [5, 5.41) is 2.56. The van der Waals surface area contributed by atoms with Crippen LogP contribution < -0.4 is 20.5 Å². The number of hydrogen-bond acceptors (Lipinski definition) is 7. The SMILES string of the molecule is CCN(CC)S(=O)(=O)c1ccc(OC)c(NC(=O)CC(=O)c2ccc(OC)c(N)c2)c1. The minimum absolute atomic E-state index is 0.0153. The van der Waals surface area contributed by atoms with E-state index in [0.717, 1.165) is 0 Å². The van der Waals surface area contributed by atoms with Crippen molar-refractivity contribution in [3.8, 4) is 11.5 Å². The van der Waals surface area contributed by atoms with Crippen molar-refractivity contribution >= 4 is 33.1 Å². The molecule has 2 rings (SSSR count). The van der Waals surface area contributed by atoms with Crippen LogP contribution in [0.1, 0.15) is 30.6 Å². The molecule has 2 aromatic rings. The molecule has 0 heterocycles. The number of ether oxygens (including phenoxy) is 2. The minimum Gasteiger partial charge on any atom is -0.495 e. The van der Waals surface area contributed by atoms with Crippen LogP contribution in [-0.2, 0) is 14.8 Å². The van der Waals surface area contributed by atoms with E-state index in [1.165, 1.54) is 48.9 Å². The maximum absolute atomic E-state index is 12.8. The van der Waals surface area contributed by atoms with Gasteiger partial charge in [0.2, 0.25) is 15.9 Å². The molecular weight excluding hydrogens is 422 g/mol. The number of anilines is 2. The number of carbonyl (C=O) groups excluding carboxylic acids is 2. The number of nitrogens with one attached hydrogen (secondary N) is 1. The highest BCUT2D eigenvalue weighted by Gasteiger charge is 2.23. The number of methoxy groups -OCH3 is 2. The van der Waals surface area contributed by atoms with Crippen LogP contribution in [-0.4, -0.2) is 51.7 Å². The van der Waals surface area contributed by atoms with Gasteiger partial charge in [-0.2, -0.15) is 4.31 Å². The smallest absolute Gasteiger partial charge is 0.243 e. The molecule has 10 heteroatoms. The van der Waals surface area contributed by atoms with Gasteiger partial charge in [0.1, 0.15) is 11.5 Å². The topological polar surface area (TPSA) is 128 Å². The first-order chi connectivity index (χ1) is 14.7. The van der Waals surface area contributed by atoms with E-state index >= 15 is 0 Å². The molecule has 0 bridgehead atoms. The molecule has 9 nitrogen and oxygen atoms in total. The van der Waals surface area contributed by atoms with Gasteiger partial charge in [-0.15, -0.1) is 0 Å². The average Bonchev–Trinajstić information content (AvgIpc) is 2.74. The van der Waals surface area contributed by atoms with Gasteiger partial charge in [0, 0.05) is 18.7 Å². The van der Waals surface area contributed by atoms with Crippen LogP contribution in [0.4, 0.5) is 11.4 Å². The van der Waals surface area contributed by atoms with Gasteiger partial charge < -0.3 is 20.5 Å². The average molecular weight is 450 g/mol. The van der Waals surface area contributed by atoms with Crippen LogP contribution in [0.25, 0.3) is 0 Å². The number of carbonyl (C=O) groups is 2. The van der Waals surface area contributed by atoms with Crippen molar-refractivity contribution < 1.29 is 27.5 Å². The Bertz CT molecular complexity index is 1060. The fourth-order valence-corrected chi connectivity index (χ4v) is 4.49. The van der Waals surface area contributed by atoms with E-state index in [-0.39, 0.29) is 27.6 Å². The summed E-state index contributed by atoms with van der Waals surface area (Å²) < 4.78 is 37.1. The number of ketones is 1. The van der Waals surface area contributed by atoms with Crippen molar-refractivity contribution in [1.82, 2.24) is 4.31 Å². The number of amides is 1. The Labute approximate surface area is 182 Å². The largest absolute Gasteiger partial charge is 0.495 e. The third-order valence-corrected chi connectivity index (χ3v) is 6.71. The molecule has 0 spiro atoms. The number of Topliss-reactive ketones (excluding diaryl/α,β-unsaturated/α-hetero) is 1. The fourth-order valence-electron chi connectivity index (χ4n) is 3.01. The second-order valence-electron chi connectivity index (χ2n) is 6.56. The summed E-state index contributed by atoms with van der Waals surface area (Å²) in [6.07, 6.45) is -0.456. The zero-order valence-corrected chi connectivity index (χ0v) is 18.8. The summed E-state index contributed by atoms with van der Waals surface area (Å²) in [4.78, 5) is 24.9. The van der Waals surface area contributed by atoms with Crippen molar-refractivity contribution in [2.45, 2.75) is 25.2 Å². The second-order valence-corrected chi connectivity index (χ2v) is 8.49. The van der Waals surface area contributed by atoms with Gasteiger partial charge in [0.25, 0.3) is 0 Å². The maximum Gasteiger partial charge on any atom is 0.243 e. The van der Waals surface area contributed by atoms with Crippen molar-refractivity contribution in [1.29, 1.82) is 0 Å². The van der Waals surface area contributed by atoms with E-state index in [1.807, 2.05) is 0 Å². The minimum atomic E-state index is -3.73. The highest BCUT2D eigenvalue weighted by atomic mass is 32.2. The predicted molar refractivity (Wildman–Crippen MR) is 118 cm³/mol. The van der Waals surface area contributed by atoms with Gasteiger partial charge in [-0.05, 0) is 36.4 Å². The van der Waals surface area contributed by atoms with Gasteiger partial charge in [-0.1, -0.05) is 13.8 Å². The molecule has 0 aromatic heterocycles. The normalized spacial score (nSPS) is 11.3. The lowest BCUT2D eigenvalue weighted by atomic mass is 10.1. The van der Waals surface area contributed by atoms with Crippen molar-refractivity contribution in [2.24, 2.45) is 0 Å². The summed E-state index contributed by atoms with van der Waals surface area (Å²) in [6, 6.07) is 8.69. The number of nitrogen functional groups attached to an aromatic ring is 1. The van der Waals surface area contributed by atoms with Crippen LogP contribution in [0.2, 0.25) is 0 Å². The Morgan fingerprint density at radius 2 is 1.61 bits per heavy atom. The maximum atomic E-state index is 12.8. The third kappa shape index (κ3) is 5.53. The quantitative estimate of drug-likeness (QED) is 0.324. The first-order valence-electron chi connectivity index (χ1n) is 9.62. The molecule has 168 valence electrons. The van der Waals surface area contributed by atoms with Crippen LogP contribution in [0.5, 0.6) is 11.5 Å². The Kier molecular flexibility index (Phi) is 8.01. The van der Waals surface area contributed by atoms with Crippen LogP contribution in [0.15, 0.2) is 41.3 Å². The Morgan fingerprint density at radius 1 is 1.00 bits per heavy atom. The van der Waals surface area contributed by atoms with E-state index in [0.29, 0.717) is 18.8 Å². The molecule has 31 heavy (non-hydrogen) atoms. The fraction of sp³-hybridized carbons (Fsp3) is 0.333. The Balaban J connectivity index is 2.23. The summed E-state index contributed by atoms with van der Waals surface area (Å²) >= 11 is 0. The molecule has 0 aliphatic rings. The summed E-state index contributed by atoms with van der Waals surface area (Å²) in [5.41, 5.74) is 6.51. The second kappa shape index (κ2) is 10.3. The van der Waals surface area contributed by atoms with Crippen LogP contribution in [0.3, 0.4) is 0 Å². The Hall–Kier alpha value is -3.11. The summed E-state index contributed by atoms with van der Waals surface area (Å²) in [7, 11) is -0.870. The number of nitrogens with two attached hydrogens (primary N) is 1. The third-order valence-electron chi connectivity index (χ3n) is 4.66. The molecule has 2 aromatic carbocycles. The lowest BCUT2D eigenvalue weighted by Gasteiger charge is -2.19. The van der Waals surface area contributed by atoms with Gasteiger partial charge in [0.05, 0.1) is 36.9 Å². The first-order valence-corrected chi connectivity index (χ1v) is 11.1. The summed E-state index contributed by atoms with van der Waals surface area (Å²) in [6.45, 7) is 4.10. The van der Waals surface area contributed by atoms with Crippen LogP contribution in [0, 0.1) is 0 Å². The standard InChI is InChI=1S/C21H27N3O6S/c1-5-24(6-2)31(27,28)15-8-10-20(30-4)17(12-15)23-21(26)13-18(25)14-7-9-19(29-3)16(22)11-14/h7-12H,5-6,13,22H2,1-4H3,(H,23,26). The van der Waals surface area contributed by atoms with Gasteiger partial charge in [0.15, 0.2) is 5.78 Å². The van der Waals surface area contributed by atoms with E-state index in [9.17, 15) is 18.0 Å². The molecule has 0 aliphatic heterocycles. The van der Waals surface area contributed by atoms with E-state index in [2.05, 4.69) is 5.32 Å². The Morgan fingerprint density at radius 3 is 2.16 bits per heavy atom. The molecular formula is C21H27N3O6S. The zero-order valence-electron chi connectivity index (χ0n) is 18.0. The lowest BCUT2D eigenvalue weighted by molar-refractivity contribution is -0.115. The van der Waals surface area contributed by atoms with E-state index < -0.39 is 28.1 Å². The molecule has 0 saturated carbocycles. The molecule has 0 saturated heterocycles. The molecule has 0 unspecified atom stereocenters. The number of nitrogens with zero attached hydrogens (tertiary/aromatic N) is 1. The molecule has 0 aliphatic carbocycles. The number of hydrogen-bond donors (Lipinski definition) is 2. The van der Waals surface area contributed by atoms with Crippen LogP contribution >= 0.6 is 0 Å². The monoisotopic (exact) mass is 449 g/mol. The van der Waals surface area contributed by atoms with Crippen molar-refractivity contribution in [3.05, 3.63) is 42.0 Å². The first kappa shape index (κ1) is 24.2. The number of rotatable bonds is 10. The van der Waals surface area contributed by atoms with E-state index in [1.54, 1.807) is 19.9 Å². The molecule has 0 radical (unpaired) electrons.